The van der Waals surface area contributed by atoms with E-state index in [1.165, 1.54) is 0 Å². The van der Waals surface area contributed by atoms with Gasteiger partial charge in [0, 0.05) is 29.9 Å². The number of halogens is 1. The number of rotatable bonds is 5. The second-order valence-electron chi connectivity index (χ2n) is 4.87. The monoisotopic (exact) mass is 299 g/mol. The lowest BCUT2D eigenvalue weighted by atomic mass is 9.92. The van der Waals surface area contributed by atoms with Gasteiger partial charge in [0.15, 0.2) is 0 Å². The third-order valence-corrected chi connectivity index (χ3v) is 3.26. The number of amides is 1. The van der Waals surface area contributed by atoms with Crippen molar-refractivity contribution < 1.29 is 4.79 Å². The molecule has 4 nitrogen and oxygen atoms in total. The molecule has 0 aliphatic heterocycles. The SMILES string of the molecule is CNC(=O)C(C)(C)CNc1cc(Cl)ccc1C(N)=S. The largest absolute Gasteiger partial charge is 0.389 e. The molecule has 1 aromatic rings. The molecule has 0 saturated heterocycles. The Morgan fingerprint density at radius 2 is 2.11 bits per heavy atom. The van der Waals surface area contributed by atoms with Crippen LogP contribution in [0.5, 0.6) is 0 Å². The van der Waals surface area contributed by atoms with Crippen LogP contribution in [0.3, 0.4) is 0 Å². The summed E-state index contributed by atoms with van der Waals surface area (Å²) in [4.78, 5) is 12.0. The summed E-state index contributed by atoms with van der Waals surface area (Å²) < 4.78 is 0. The maximum atomic E-state index is 11.7. The molecule has 1 rings (SSSR count). The Morgan fingerprint density at radius 1 is 1.47 bits per heavy atom. The van der Waals surface area contributed by atoms with E-state index in [0.29, 0.717) is 17.1 Å². The first-order valence-electron chi connectivity index (χ1n) is 5.83. The standard InChI is InChI=1S/C13H18ClN3OS/c1-13(2,12(18)16-3)7-17-10-6-8(14)4-5-9(10)11(15)19/h4-6,17H,7H2,1-3H3,(H2,15,19)(H,16,18). The van der Waals surface area contributed by atoms with Crippen LogP contribution in [0.1, 0.15) is 19.4 Å². The number of benzene rings is 1. The Kier molecular flexibility index (Phi) is 5.14. The summed E-state index contributed by atoms with van der Waals surface area (Å²) in [6.07, 6.45) is 0. The highest BCUT2D eigenvalue weighted by molar-refractivity contribution is 7.80. The fourth-order valence-corrected chi connectivity index (χ4v) is 1.96. The maximum Gasteiger partial charge on any atom is 0.227 e. The summed E-state index contributed by atoms with van der Waals surface area (Å²) in [7, 11) is 1.61. The molecule has 0 bridgehead atoms. The van der Waals surface area contributed by atoms with Crippen LogP contribution in [0, 0.1) is 5.41 Å². The lowest BCUT2D eigenvalue weighted by Crippen LogP contribution is -2.39. The van der Waals surface area contributed by atoms with E-state index in [9.17, 15) is 4.79 Å². The van der Waals surface area contributed by atoms with E-state index in [0.717, 1.165) is 5.69 Å². The molecule has 6 heteroatoms. The van der Waals surface area contributed by atoms with Gasteiger partial charge in [0.2, 0.25) is 5.91 Å². The lowest BCUT2D eigenvalue weighted by molar-refractivity contribution is -0.128. The topological polar surface area (TPSA) is 67.2 Å². The van der Waals surface area contributed by atoms with Crippen molar-refractivity contribution in [2.24, 2.45) is 11.1 Å². The fourth-order valence-electron chi connectivity index (χ4n) is 1.61. The Bertz CT molecular complexity index is 503. The predicted octanol–water partition coefficient (Wildman–Crippen LogP) is 2.16. The number of carbonyl (C=O) groups excluding carboxylic acids is 1. The van der Waals surface area contributed by atoms with Crippen LogP contribution in [0.25, 0.3) is 0 Å². The molecule has 0 fully saturated rings. The zero-order valence-corrected chi connectivity index (χ0v) is 12.8. The quantitative estimate of drug-likeness (QED) is 0.729. The normalized spacial score (nSPS) is 10.9. The van der Waals surface area contributed by atoms with E-state index in [4.69, 9.17) is 29.6 Å². The number of thiocarbonyl (C=S) groups is 1. The first kappa shape index (κ1) is 15.7. The average Bonchev–Trinajstić information content (AvgIpc) is 2.35. The number of anilines is 1. The van der Waals surface area contributed by atoms with E-state index in [2.05, 4.69) is 10.6 Å². The van der Waals surface area contributed by atoms with Crippen LogP contribution >= 0.6 is 23.8 Å². The first-order valence-corrected chi connectivity index (χ1v) is 6.62. The van der Waals surface area contributed by atoms with Gasteiger partial charge in [-0.25, -0.2) is 0 Å². The minimum absolute atomic E-state index is 0.0427. The van der Waals surface area contributed by atoms with Gasteiger partial charge in [0.1, 0.15) is 4.99 Å². The van der Waals surface area contributed by atoms with E-state index in [1.807, 2.05) is 13.8 Å². The van der Waals surface area contributed by atoms with Crippen molar-refractivity contribution in [3.05, 3.63) is 28.8 Å². The van der Waals surface area contributed by atoms with Gasteiger partial charge in [-0.2, -0.15) is 0 Å². The van der Waals surface area contributed by atoms with Gasteiger partial charge in [-0.05, 0) is 32.0 Å². The highest BCUT2D eigenvalue weighted by Gasteiger charge is 2.26. The summed E-state index contributed by atoms with van der Waals surface area (Å²) >= 11 is 10.9. The molecule has 4 N–H and O–H groups in total. The summed E-state index contributed by atoms with van der Waals surface area (Å²) in [6.45, 7) is 4.15. The average molecular weight is 300 g/mol. The summed E-state index contributed by atoms with van der Waals surface area (Å²) in [5.74, 6) is -0.0427. The molecule has 104 valence electrons. The lowest BCUT2D eigenvalue weighted by Gasteiger charge is -2.24. The number of hydrogen-bond acceptors (Lipinski definition) is 3. The molecule has 0 spiro atoms. The van der Waals surface area contributed by atoms with Gasteiger partial charge in [-0.1, -0.05) is 23.8 Å². The van der Waals surface area contributed by atoms with Crippen LogP contribution in [0.2, 0.25) is 5.02 Å². The summed E-state index contributed by atoms with van der Waals surface area (Å²) in [6, 6.07) is 5.24. The van der Waals surface area contributed by atoms with E-state index < -0.39 is 5.41 Å². The summed E-state index contributed by atoms with van der Waals surface area (Å²) in [5, 5.41) is 6.40. The van der Waals surface area contributed by atoms with Gasteiger partial charge >= 0.3 is 0 Å². The van der Waals surface area contributed by atoms with E-state index >= 15 is 0 Å². The first-order chi connectivity index (χ1) is 8.77. The van der Waals surface area contributed by atoms with Crippen molar-refractivity contribution in [3.63, 3.8) is 0 Å². The van der Waals surface area contributed by atoms with Crippen molar-refractivity contribution in [3.8, 4) is 0 Å². The molecule has 0 saturated carbocycles. The van der Waals surface area contributed by atoms with Crippen molar-refractivity contribution >= 4 is 40.4 Å². The van der Waals surface area contributed by atoms with Crippen molar-refractivity contribution in [1.82, 2.24) is 5.32 Å². The third kappa shape index (κ3) is 4.08. The van der Waals surface area contributed by atoms with Crippen molar-refractivity contribution in [2.75, 3.05) is 18.9 Å². The molecule has 0 aromatic heterocycles. The van der Waals surface area contributed by atoms with Crippen LogP contribution in [0.15, 0.2) is 18.2 Å². The molecule has 0 aliphatic rings. The molecule has 0 radical (unpaired) electrons. The Labute approximate surface area is 123 Å². The van der Waals surface area contributed by atoms with Crippen LogP contribution in [-0.4, -0.2) is 24.5 Å². The second kappa shape index (κ2) is 6.21. The highest BCUT2D eigenvalue weighted by atomic mass is 35.5. The van der Waals surface area contributed by atoms with Gasteiger partial charge in [0.25, 0.3) is 0 Å². The Balaban J connectivity index is 2.91. The minimum Gasteiger partial charge on any atom is -0.389 e. The van der Waals surface area contributed by atoms with Gasteiger partial charge in [-0.15, -0.1) is 0 Å². The highest BCUT2D eigenvalue weighted by Crippen LogP contribution is 2.23. The smallest absolute Gasteiger partial charge is 0.227 e. The van der Waals surface area contributed by atoms with E-state index in [-0.39, 0.29) is 10.9 Å². The molecule has 0 atom stereocenters. The second-order valence-corrected chi connectivity index (χ2v) is 5.75. The summed E-state index contributed by atoms with van der Waals surface area (Å²) in [5.41, 5.74) is 6.56. The number of carbonyl (C=O) groups is 1. The van der Waals surface area contributed by atoms with Crippen LogP contribution in [0.4, 0.5) is 5.69 Å². The molecule has 0 unspecified atom stereocenters. The van der Waals surface area contributed by atoms with Crippen LogP contribution < -0.4 is 16.4 Å². The van der Waals surface area contributed by atoms with Crippen molar-refractivity contribution in [2.45, 2.75) is 13.8 Å². The maximum absolute atomic E-state index is 11.7. The molecule has 1 aromatic carbocycles. The molecule has 0 heterocycles. The fraction of sp³-hybridized carbons (Fsp3) is 0.385. The third-order valence-electron chi connectivity index (χ3n) is 2.81. The molecular weight excluding hydrogens is 282 g/mol. The van der Waals surface area contributed by atoms with Gasteiger partial charge in [-0.3, -0.25) is 4.79 Å². The molecule has 1 amide bonds. The zero-order chi connectivity index (χ0) is 14.6. The van der Waals surface area contributed by atoms with Crippen LogP contribution in [-0.2, 0) is 4.79 Å². The van der Waals surface area contributed by atoms with E-state index in [1.54, 1.807) is 25.2 Å². The zero-order valence-electron chi connectivity index (χ0n) is 11.2. The van der Waals surface area contributed by atoms with Crippen molar-refractivity contribution in [1.29, 1.82) is 0 Å². The van der Waals surface area contributed by atoms with Gasteiger partial charge < -0.3 is 16.4 Å². The molecule has 19 heavy (non-hydrogen) atoms. The Morgan fingerprint density at radius 3 is 2.63 bits per heavy atom. The van der Waals surface area contributed by atoms with Gasteiger partial charge in [0.05, 0.1) is 5.41 Å². The minimum atomic E-state index is -0.551. The Hall–Kier alpha value is -1.33. The predicted molar refractivity (Wildman–Crippen MR) is 83.7 cm³/mol. The number of nitrogens with two attached hydrogens (primary N) is 1. The number of nitrogens with one attached hydrogen (secondary N) is 2. The molecular formula is C13H18ClN3OS. The number of hydrogen-bond donors (Lipinski definition) is 3. The molecule has 0 aliphatic carbocycles.